The van der Waals surface area contributed by atoms with Gasteiger partial charge in [-0.05, 0) is 5.46 Å². The lowest BCUT2D eigenvalue weighted by Crippen LogP contribution is -2.30. The summed E-state index contributed by atoms with van der Waals surface area (Å²) in [6, 6.07) is 15.2. The highest BCUT2D eigenvalue weighted by atomic mass is 16.4. The zero-order chi connectivity index (χ0) is 12.3. The van der Waals surface area contributed by atoms with Gasteiger partial charge in [0, 0.05) is 11.1 Å². The Morgan fingerprint density at radius 3 is 2.18 bits per heavy atom. The van der Waals surface area contributed by atoms with Gasteiger partial charge in [0.15, 0.2) is 5.78 Å². The summed E-state index contributed by atoms with van der Waals surface area (Å²) in [7, 11) is -1.56. The molecule has 0 atom stereocenters. The third-order valence-corrected chi connectivity index (χ3v) is 2.48. The van der Waals surface area contributed by atoms with Crippen molar-refractivity contribution >= 4 is 18.4 Å². The number of hydrogen-bond acceptors (Lipinski definition) is 3. The van der Waals surface area contributed by atoms with Crippen LogP contribution in [-0.2, 0) is 0 Å². The number of benzene rings is 2. The first-order chi connectivity index (χ1) is 8.18. The van der Waals surface area contributed by atoms with E-state index in [1.165, 1.54) is 6.07 Å². The van der Waals surface area contributed by atoms with Gasteiger partial charge in [0.1, 0.15) is 0 Å². The lowest BCUT2D eigenvalue weighted by atomic mass is 9.79. The third-order valence-electron chi connectivity index (χ3n) is 2.48. The highest BCUT2D eigenvalue weighted by molar-refractivity contribution is 6.58. The van der Waals surface area contributed by atoms with Gasteiger partial charge in [0.25, 0.3) is 0 Å². The van der Waals surface area contributed by atoms with Crippen LogP contribution in [0.5, 0.6) is 0 Å². The SMILES string of the molecule is O=C(c1ccccc1)c1cccc(B(O)O)c1. The van der Waals surface area contributed by atoms with Crippen molar-refractivity contribution in [1.82, 2.24) is 0 Å². The normalized spacial score (nSPS) is 10.0. The molecule has 17 heavy (non-hydrogen) atoms. The Kier molecular flexibility index (Phi) is 3.37. The molecule has 0 bridgehead atoms. The van der Waals surface area contributed by atoms with Gasteiger partial charge >= 0.3 is 7.12 Å². The summed E-state index contributed by atoms with van der Waals surface area (Å²) in [6.45, 7) is 0. The van der Waals surface area contributed by atoms with E-state index in [-0.39, 0.29) is 5.78 Å². The third kappa shape index (κ3) is 2.61. The highest BCUT2D eigenvalue weighted by Crippen LogP contribution is 2.08. The Bertz CT molecular complexity index is 523. The van der Waals surface area contributed by atoms with Crippen LogP contribution in [0.15, 0.2) is 54.6 Å². The predicted octanol–water partition coefficient (Wildman–Crippen LogP) is 0.597. The van der Waals surface area contributed by atoms with E-state index in [9.17, 15) is 4.79 Å². The van der Waals surface area contributed by atoms with E-state index >= 15 is 0 Å². The van der Waals surface area contributed by atoms with Gasteiger partial charge in [-0.25, -0.2) is 0 Å². The number of ketones is 1. The van der Waals surface area contributed by atoms with Crippen LogP contribution in [0.2, 0.25) is 0 Å². The first-order valence-electron chi connectivity index (χ1n) is 5.24. The lowest BCUT2D eigenvalue weighted by molar-refractivity contribution is 0.103. The summed E-state index contributed by atoms with van der Waals surface area (Å²) < 4.78 is 0. The molecular weight excluding hydrogens is 215 g/mol. The number of carbonyl (C=O) groups is 1. The zero-order valence-electron chi connectivity index (χ0n) is 9.08. The van der Waals surface area contributed by atoms with Gasteiger partial charge in [-0.2, -0.15) is 0 Å². The Labute approximate surface area is 99.5 Å². The van der Waals surface area contributed by atoms with E-state index in [1.807, 2.05) is 6.07 Å². The van der Waals surface area contributed by atoms with Crippen LogP contribution >= 0.6 is 0 Å². The fraction of sp³-hybridized carbons (Fsp3) is 0. The number of rotatable bonds is 3. The number of hydrogen-bond donors (Lipinski definition) is 2. The van der Waals surface area contributed by atoms with Gasteiger partial charge in [0.05, 0.1) is 0 Å². The molecule has 2 aromatic carbocycles. The van der Waals surface area contributed by atoms with E-state index in [2.05, 4.69) is 0 Å². The molecule has 0 amide bonds. The van der Waals surface area contributed by atoms with Crippen molar-refractivity contribution in [3.05, 3.63) is 65.7 Å². The molecule has 3 nitrogen and oxygen atoms in total. The molecule has 0 fully saturated rings. The summed E-state index contributed by atoms with van der Waals surface area (Å²) >= 11 is 0. The van der Waals surface area contributed by atoms with Crippen LogP contribution in [0.1, 0.15) is 15.9 Å². The maximum Gasteiger partial charge on any atom is 0.488 e. The molecule has 0 saturated carbocycles. The van der Waals surface area contributed by atoms with E-state index in [0.717, 1.165) is 0 Å². The van der Waals surface area contributed by atoms with Crippen LogP contribution in [0, 0.1) is 0 Å². The second-order valence-corrected chi connectivity index (χ2v) is 3.69. The summed E-state index contributed by atoms with van der Waals surface area (Å²) in [5, 5.41) is 18.1. The fourth-order valence-electron chi connectivity index (χ4n) is 1.60. The van der Waals surface area contributed by atoms with Gasteiger partial charge < -0.3 is 10.0 Å². The molecule has 0 heterocycles. The van der Waals surface area contributed by atoms with Gasteiger partial charge in [-0.3, -0.25) is 4.79 Å². The molecule has 2 rings (SSSR count). The van der Waals surface area contributed by atoms with Crippen molar-refractivity contribution in [2.45, 2.75) is 0 Å². The van der Waals surface area contributed by atoms with Crippen LogP contribution in [-0.4, -0.2) is 22.9 Å². The molecular formula is C13H11BO3. The molecule has 0 radical (unpaired) electrons. The summed E-state index contributed by atoms with van der Waals surface area (Å²) in [4.78, 5) is 12.1. The minimum Gasteiger partial charge on any atom is -0.423 e. The topological polar surface area (TPSA) is 57.5 Å². The first kappa shape index (κ1) is 11.6. The molecule has 0 aromatic heterocycles. The van der Waals surface area contributed by atoms with Crippen molar-refractivity contribution < 1.29 is 14.8 Å². The minimum absolute atomic E-state index is 0.131. The van der Waals surface area contributed by atoms with E-state index in [4.69, 9.17) is 10.0 Å². The smallest absolute Gasteiger partial charge is 0.423 e. The van der Waals surface area contributed by atoms with E-state index in [1.54, 1.807) is 42.5 Å². The second kappa shape index (κ2) is 4.95. The van der Waals surface area contributed by atoms with E-state index < -0.39 is 7.12 Å². The quantitative estimate of drug-likeness (QED) is 0.595. The van der Waals surface area contributed by atoms with Crippen LogP contribution < -0.4 is 5.46 Å². The van der Waals surface area contributed by atoms with Crippen molar-refractivity contribution in [3.63, 3.8) is 0 Å². The highest BCUT2D eigenvalue weighted by Gasteiger charge is 2.14. The minimum atomic E-state index is -1.56. The van der Waals surface area contributed by atoms with Crippen molar-refractivity contribution in [2.75, 3.05) is 0 Å². The first-order valence-corrected chi connectivity index (χ1v) is 5.24. The standard InChI is InChI=1S/C13H11BO3/c15-13(10-5-2-1-3-6-10)11-7-4-8-12(9-11)14(16)17/h1-9,16-17H. The molecule has 0 saturated heterocycles. The van der Waals surface area contributed by atoms with Crippen molar-refractivity contribution in [3.8, 4) is 0 Å². The van der Waals surface area contributed by atoms with Crippen LogP contribution in [0.4, 0.5) is 0 Å². The monoisotopic (exact) mass is 226 g/mol. The summed E-state index contributed by atoms with van der Waals surface area (Å²) in [5.41, 5.74) is 1.34. The van der Waals surface area contributed by atoms with Gasteiger partial charge in [-0.1, -0.05) is 54.6 Å². The Morgan fingerprint density at radius 2 is 1.53 bits per heavy atom. The summed E-state index contributed by atoms with van der Waals surface area (Å²) in [5.74, 6) is -0.131. The van der Waals surface area contributed by atoms with Crippen LogP contribution in [0.25, 0.3) is 0 Å². The Balaban J connectivity index is 2.35. The maximum atomic E-state index is 12.1. The van der Waals surface area contributed by atoms with Gasteiger partial charge in [0.2, 0.25) is 0 Å². The van der Waals surface area contributed by atoms with Crippen LogP contribution in [0.3, 0.4) is 0 Å². The lowest BCUT2D eigenvalue weighted by Gasteiger charge is -2.04. The average Bonchev–Trinajstić information content (AvgIpc) is 2.39. The average molecular weight is 226 g/mol. The molecule has 84 valence electrons. The number of carbonyl (C=O) groups excluding carboxylic acids is 1. The molecule has 2 aromatic rings. The van der Waals surface area contributed by atoms with Gasteiger partial charge in [-0.15, -0.1) is 0 Å². The molecule has 0 aliphatic heterocycles. The summed E-state index contributed by atoms with van der Waals surface area (Å²) in [6.07, 6.45) is 0. The predicted molar refractivity (Wildman–Crippen MR) is 66.1 cm³/mol. The van der Waals surface area contributed by atoms with Crippen molar-refractivity contribution in [2.24, 2.45) is 0 Å². The van der Waals surface area contributed by atoms with Crippen molar-refractivity contribution in [1.29, 1.82) is 0 Å². The molecule has 0 aliphatic rings. The maximum absolute atomic E-state index is 12.1. The molecule has 0 unspecified atom stereocenters. The Hall–Kier alpha value is -1.91. The second-order valence-electron chi connectivity index (χ2n) is 3.69. The largest absolute Gasteiger partial charge is 0.488 e. The van der Waals surface area contributed by atoms with E-state index in [0.29, 0.717) is 16.6 Å². The Morgan fingerprint density at radius 1 is 0.882 bits per heavy atom. The molecule has 4 heteroatoms. The fourth-order valence-corrected chi connectivity index (χ4v) is 1.60. The zero-order valence-corrected chi connectivity index (χ0v) is 9.08. The molecule has 2 N–H and O–H groups in total. The molecule has 0 spiro atoms. The molecule has 0 aliphatic carbocycles.